The first-order valence-corrected chi connectivity index (χ1v) is 12.7. The molecule has 2 saturated carbocycles. The van der Waals surface area contributed by atoms with Crippen LogP contribution in [0.15, 0.2) is 60.7 Å². The molecule has 2 N–H and O–H groups in total. The van der Waals surface area contributed by atoms with Gasteiger partial charge in [0.05, 0.1) is 11.0 Å². The van der Waals surface area contributed by atoms with Gasteiger partial charge in [-0.25, -0.2) is 4.79 Å². The van der Waals surface area contributed by atoms with Crippen LogP contribution in [-0.2, 0) is 16.1 Å². The molecular formula is C30H31NO5. The van der Waals surface area contributed by atoms with Crippen LogP contribution in [-0.4, -0.2) is 39.5 Å². The van der Waals surface area contributed by atoms with Crippen molar-refractivity contribution in [1.82, 2.24) is 4.90 Å². The van der Waals surface area contributed by atoms with Gasteiger partial charge in [0.1, 0.15) is 0 Å². The molecule has 3 aromatic carbocycles. The first kappa shape index (κ1) is 24.0. The third kappa shape index (κ3) is 5.13. The lowest BCUT2D eigenvalue weighted by molar-refractivity contribution is -0.151. The van der Waals surface area contributed by atoms with E-state index in [1.54, 1.807) is 17.0 Å². The Morgan fingerprint density at radius 3 is 2.11 bits per heavy atom. The molecule has 0 aliphatic heterocycles. The lowest BCUT2D eigenvalue weighted by Crippen LogP contribution is -2.44. The van der Waals surface area contributed by atoms with Crippen LogP contribution >= 0.6 is 0 Å². The molecule has 0 aromatic heterocycles. The Bertz CT molecular complexity index is 1300. The maximum absolute atomic E-state index is 13.2. The van der Waals surface area contributed by atoms with Crippen molar-refractivity contribution in [3.8, 4) is 11.1 Å². The molecule has 0 saturated heterocycles. The Kier molecular flexibility index (Phi) is 6.52. The minimum atomic E-state index is -0.945. The van der Waals surface area contributed by atoms with Gasteiger partial charge in [-0.3, -0.25) is 9.59 Å². The molecule has 0 heterocycles. The SMILES string of the molecule is O=C(O)c1ccc(-c2ccc3cc(CN(CC4(C(=O)O)CCCC4)C(=O)CC4CC4)ccc3c2)cc1. The van der Waals surface area contributed by atoms with Crippen molar-refractivity contribution in [1.29, 1.82) is 0 Å². The number of rotatable bonds is 9. The lowest BCUT2D eigenvalue weighted by atomic mass is 9.85. The standard InChI is InChI=1S/C30H31NO5/c32-27(16-20-3-4-20)31(19-30(29(35)36)13-1-2-14-30)18-21-5-6-26-17-25(12-11-24(26)15-21)22-7-9-23(10-8-22)28(33)34/h5-12,15,17,20H,1-4,13-14,16,18-19H2,(H,33,34)(H,35,36). The van der Waals surface area contributed by atoms with Crippen LogP contribution < -0.4 is 0 Å². The first-order chi connectivity index (χ1) is 17.3. The second kappa shape index (κ2) is 9.76. The molecule has 3 aromatic rings. The van der Waals surface area contributed by atoms with Crippen molar-refractivity contribution in [3.05, 3.63) is 71.8 Å². The summed E-state index contributed by atoms with van der Waals surface area (Å²) in [5.74, 6) is -1.22. The zero-order valence-corrected chi connectivity index (χ0v) is 20.3. The topological polar surface area (TPSA) is 94.9 Å². The fourth-order valence-corrected chi connectivity index (χ4v) is 5.39. The molecule has 2 aliphatic carbocycles. The second-order valence-corrected chi connectivity index (χ2v) is 10.5. The van der Waals surface area contributed by atoms with Crippen molar-refractivity contribution in [3.63, 3.8) is 0 Å². The molecule has 2 aliphatic rings. The van der Waals surface area contributed by atoms with Crippen molar-refractivity contribution in [2.24, 2.45) is 11.3 Å². The summed E-state index contributed by atoms with van der Waals surface area (Å²) in [6.45, 7) is 0.687. The molecule has 6 heteroatoms. The Morgan fingerprint density at radius 1 is 0.833 bits per heavy atom. The molecule has 0 atom stereocenters. The minimum absolute atomic E-state index is 0.0604. The zero-order valence-electron chi connectivity index (χ0n) is 20.3. The number of hydrogen-bond acceptors (Lipinski definition) is 3. The smallest absolute Gasteiger partial charge is 0.335 e. The van der Waals surface area contributed by atoms with Crippen molar-refractivity contribution < 1.29 is 24.6 Å². The molecular weight excluding hydrogens is 454 g/mol. The number of nitrogens with zero attached hydrogens (tertiary/aromatic N) is 1. The largest absolute Gasteiger partial charge is 0.481 e. The molecule has 2 fully saturated rings. The van der Waals surface area contributed by atoms with E-state index in [0.717, 1.165) is 53.1 Å². The molecule has 36 heavy (non-hydrogen) atoms. The number of aromatic carboxylic acids is 1. The van der Waals surface area contributed by atoms with Crippen LogP contribution in [0.25, 0.3) is 21.9 Å². The predicted octanol–water partition coefficient (Wildman–Crippen LogP) is 5.98. The van der Waals surface area contributed by atoms with E-state index in [9.17, 15) is 19.5 Å². The Labute approximate surface area is 210 Å². The molecule has 0 radical (unpaired) electrons. The summed E-state index contributed by atoms with van der Waals surface area (Å²) < 4.78 is 0. The molecule has 0 spiro atoms. The van der Waals surface area contributed by atoms with Crippen LogP contribution in [0.5, 0.6) is 0 Å². The number of amides is 1. The molecule has 6 nitrogen and oxygen atoms in total. The lowest BCUT2D eigenvalue weighted by Gasteiger charge is -2.32. The number of fused-ring (bicyclic) bond motifs is 1. The van der Waals surface area contributed by atoms with Crippen molar-refractivity contribution >= 4 is 28.6 Å². The second-order valence-electron chi connectivity index (χ2n) is 10.5. The highest BCUT2D eigenvalue weighted by atomic mass is 16.4. The fourth-order valence-electron chi connectivity index (χ4n) is 5.39. The van der Waals surface area contributed by atoms with E-state index < -0.39 is 17.4 Å². The van der Waals surface area contributed by atoms with Gasteiger partial charge < -0.3 is 15.1 Å². The summed E-state index contributed by atoms with van der Waals surface area (Å²) in [4.78, 5) is 38.3. The van der Waals surface area contributed by atoms with Crippen LogP contribution in [0.1, 0.15) is 60.9 Å². The van der Waals surface area contributed by atoms with Gasteiger partial charge in [-0.2, -0.15) is 0 Å². The van der Waals surface area contributed by atoms with Crippen molar-refractivity contribution in [2.75, 3.05) is 6.54 Å². The Hall–Kier alpha value is -3.67. The van der Waals surface area contributed by atoms with Gasteiger partial charge in [0.25, 0.3) is 0 Å². The highest BCUT2D eigenvalue weighted by Gasteiger charge is 2.44. The molecule has 1 amide bonds. The fraction of sp³-hybridized carbons (Fsp3) is 0.367. The van der Waals surface area contributed by atoms with E-state index >= 15 is 0 Å². The quantitative estimate of drug-likeness (QED) is 0.389. The monoisotopic (exact) mass is 485 g/mol. The third-order valence-electron chi connectivity index (χ3n) is 7.76. The minimum Gasteiger partial charge on any atom is -0.481 e. The van der Waals surface area contributed by atoms with Crippen LogP contribution in [0, 0.1) is 11.3 Å². The molecule has 0 bridgehead atoms. The Morgan fingerprint density at radius 2 is 1.47 bits per heavy atom. The maximum atomic E-state index is 13.2. The summed E-state index contributed by atoms with van der Waals surface area (Å²) in [5.41, 5.74) is 2.36. The number of benzene rings is 3. The van der Waals surface area contributed by atoms with Crippen LogP contribution in [0.4, 0.5) is 0 Å². The van der Waals surface area contributed by atoms with E-state index in [1.807, 2.05) is 36.4 Å². The van der Waals surface area contributed by atoms with E-state index in [-0.39, 0.29) is 18.0 Å². The molecule has 0 unspecified atom stereocenters. The van der Waals surface area contributed by atoms with E-state index in [4.69, 9.17) is 5.11 Å². The number of carbonyl (C=O) groups is 3. The number of aliphatic carboxylic acids is 1. The van der Waals surface area contributed by atoms with Gasteiger partial charge in [0.15, 0.2) is 0 Å². The van der Waals surface area contributed by atoms with Gasteiger partial charge in [-0.05, 0) is 83.3 Å². The predicted molar refractivity (Wildman–Crippen MR) is 138 cm³/mol. The highest BCUT2D eigenvalue weighted by molar-refractivity contribution is 5.90. The summed E-state index contributed by atoms with van der Waals surface area (Å²) in [5, 5.41) is 21.2. The Balaban J connectivity index is 1.38. The van der Waals surface area contributed by atoms with Gasteiger partial charge in [0.2, 0.25) is 5.91 Å². The molecule has 5 rings (SSSR count). The van der Waals surface area contributed by atoms with Gasteiger partial charge >= 0.3 is 11.9 Å². The number of carboxylic acids is 2. The van der Waals surface area contributed by atoms with E-state index in [0.29, 0.717) is 31.7 Å². The maximum Gasteiger partial charge on any atom is 0.335 e. The zero-order chi connectivity index (χ0) is 25.3. The van der Waals surface area contributed by atoms with Gasteiger partial charge in [-0.15, -0.1) is 0 Å². The summed E-state index contributed by atoms with van der Waals surface area (Å²) in [7, 11) is 0. The summed E-state index contributed by atoms with van der Waals surface area (Å²) in [6.07, 6.45) is 5.73. The normalized spacial score (nSPS) is 16.7. The number of carbonyl (C=O) groups excluding carboxylic acids is 1. The summed E-state index contributed by atoms with van der Waals surface area (Å²) in [6, 6.07) is 19.1. The van der Waals surface area contributed by atoms with Gasteiger partial charge in [0, 0.05) is 19.5 Å². The van der Waals surface area contributed by atoms with Gasteiger partial charge in [-0.1, -0.05) is 49.2 Å². The summed E-state index contributed by atoms with van der Waals surface area (Å²) >= 11 is 0. The third-order valence-corrected chi connectivity index (χ3v) is 7.76. The average Bonchev–Trinajstić information content (AvgIpc) is 3.56. The van der Waals surface area contributed by atoms with Crippen molar-refractivity contribution in [2.45, 2.75) is 51.5 Å². The first-order valence-electron chi connectivity index (χ1n) is 12.7. The van der Waals surface area contributed by atoms with E-state index in [2.05, 4.69) is 12.1 Å². The molecule has 186 valence electrons. The van der Waals surface area contributed by atoms with Crippen LogP contribution in [0.2, 0.25) is 0 Å². The van der Waals surface area contributed by atoms with Crippen LogP contribution in [0.3, 0.4) is 0 Å². The highest BCUT2D eigenvalue weighted by Crippen LogP contribution is 2.40. The number of carboxylic acid groups (broad SMARTS) is 2. The van der Waals surface area contributed by atoms with E-state index in [1.165, 1.54) is 0 Å². The number of hydrogen-bond donors (Lipinski definition) is 2. The average molecular weight is 486 g/mol.